The highest BCUT2D eigenvalue weighted by atomic mass is 32.1. The molecule has 0 aliphatic carbocycles. The molecule has 0 radical (unpaired) electrons. The van der Waals surface area contributed by atoms with Crippen LogP contribution in [0.1, 0.15) is 22.9 Å². The third-order valence-electron chi connectivity index (χ3n) is 5.16. The molecule has 28 heavy (non-hydrogen) atoms. The number of carboxylic acids is 1. The smallest absolute Gasteiger partial charge is 0.308 e. The van der Waals surface area contributed by atoms with Gasteiger partial charge < -0.3 is 14.4 Å². The van der Waals surface area contributed by atoms with Crippen LogP contribution >= 0.6 is 11.3 Å². The average Bonchev–Trinajstić information content (AvgIpc) is 3.42. The normalized spacial score (nSPS) is 19.1. The third kappa shape index (κ3) is 3.57. The molecule has 6 nitrogen and oxygen atoms in total. The number of rotatable bonds is 5. The molecule has 0 spiro atoms. The molecule has 2 aromatic heterocycles. The number of hydrogen-bond acceptors (Lipinski definition) is 5. The second kappa shape index (κ2) is 7.59. The van der Waals surface area contributed by atoms with Crippen molar-refractivity contribution in [3.63, 3.8) is 0 Å². The van der Waals surface area contributed by atoms with E-state index in [2.05, 4.69) is 4.98 Å². The molecular formula is C21H20N2O4S. The summed E-state index contributed by atoms with van der Waals surface area (Å²) in [7, 11) is 0. The van der Waals surface area contributed by atoms with Gasteiger partial charge in [-0.25, -0.2) is 4.98 Å². The largest absolute Gasteiger partial charge is 0.481 e. The summed E-state index contributed by atoms with van der Waals surface area (Å²) in [5, 5.41) is 11.6. The van der Waals surface area contributed by atoms with Gasteiger partial charge in [-0.3, -0.25) is 9.59 Å². The highest BCUT2D eigenvalue weighted by molar-refractivity contribution is 7.13. The van der Waals surface area contributed by atoms with Crippen molar-refractivity contribution in [3.8, 4) is 10.8 Å². The molecule has 1 fully saturated rings. The highest BCUT2D eigenvalue weighted by Gasteiger charge is 2.40. The Hall–Kier alpha value is -2.93. The van der Waals surface area contributed by atoms with Gasteiger partial charge in [0.2, 0.25) is 11.8 Å². The Labute approximate surface area is 166 Å². The molecule has 1 saturated heterocycles. The predicted octanol–water partition coefficient (Wildman–Crippen LogP) is 3.58. The first-order valence-electron chi connectivity index (χ1n) is 9.08. The van der Waals surface area contributed by atoms with Crippen molar-refractivity contribution in [2.45, 2.75) is 19.3 Å². The summed E-state index contributed by atoms with van der Waals surface area (Å²) in [5.41, 5.74) is 1.55. The van der Waals surface area contributed by atoms with Crippen molar-refractivity contribution in [2.75, 3.05) is 13.1 Å². The van der Waals surface area contributed by atoms with Crippen molar-refractivity contribution in [3.05, 3.63) is 64.9 Å². The molecule has 144 valence electrons. The lowest BCUT2D eigenvalue weighted by molar-refractivity contribution is -0.141. The first-order chi connectivity index (χ1) is 13.5. The van der Waals surface area contributed by atoms with Crippen LogP contribution in [0.4, 0.5) is 0 Å². The summed E-state index contributed by atoms with van der Waals surface area (Å²) >= 11 is 1.53. The van der Waals surface area contributed by atoms with E-state index in [4.69, 9.17) is 4.42 Å². The molecule has 1 N–H and O–H groups in total. The summed E-state index contributed by atoms with van der Waals surface area (Å²) in [6.07, 6.45) is 0.106. The van der Waals surface area contributed by atoms with E-state index in [1.54, 1.807) is 11.8 Å². The predicted molar refractivity (Wildman–Crippen MR) is 105 cm³/mol. The number of carboxylic acid groups (broad SMARTS) is 1. The molecule has 1 aliphatic rings. The maximum Gasteiger partial charge on any atom is 0.308 e. The van der Waals surface area contributed by atoms with Gasteiger partial charge in [-0.2, -0.15) is 0 Å². The molecule has 3 heterocycles. The van der Waals surface area contributed by atoms with Gasteiger partial charge in [0, 0.05) is 19.0 Å². The standard InChI is InChI=1S/C21H20N2O4S/c1-13-17(22-20(27-13)18-8-5-9-28-18)10-19(24)23-11-15(16(12-23)21(25)26)14-6-3-2-4-7-14/h2-9,15-16H,10-12H2,1H3,(H,25,26)/t15-,16-/m0/s1. The number of oxazole rings is 1. The van der Waals surface area contributed by atoms with Gasteiger partial charge in [0.25, 0.3) is 0 Å². The zero-order valence-electron chi connectivity index (χ0n) is 15.4. The zero-order valence-corrected chi connectivity index (χ0v) is 16.2. The van der Waals surface area contributed by atoms with Crippen LogP contribution < -0.4 is 0 Å². The molecular weight excluding hydrogens is 376 g/mol. The fourth-order valence-electron chi connectivity index (χ4n) is 3.65. The summed E-state index contributed by atoms with van der Waals surface area (Å²) in [6.45, 7) is 2.40. The lowest BCUT2D eigenvalue weighted by Crippen LogP contribution is -2.31. The number of hydrogen-bond donors (Lipinski definition) is 1. The molecule has 1 aromatic carbocycles. The Morgan fingerprint density at radius 3 is 2.68 bits per heavy atom. The lowest BCUT2D eigenvalue weighted by Gasteiger charge is -2.16. The van der Waals surface area contributed by atoms with Gasteiger partial charge >= 0.3 is 5.97 Å². The maximum atomic E-state index is 12.9. The van der Waals surface area contributed by atoms with Gasteiger partial charge in [0.1, 0.15) is 5.76 Å². The Bertz CT molecular complexity index is 981. The number of benzene rings is 1. The van der Waals surface area contributed by atoms with E-state index in [0.29, 0.717) is 23.9 Å². The van der Waals surface area contributed by atoms with E-state index in [1.807, 2.05) is 47.8 Å². The molecule has 7 heteroatoms. The number of nitrogens with zero attached hydrogens (tertiary/aromatic N) is 2. The Kier molecular flexibility index (Phi) is 5.00. The first-order valence-corrected chi connectivity index (χ1v) is 9.96. The van der Waals surface area contributed by atoms with E-state index in [-0.39, 0.29) is 24.8 Å². The lowest BCUT2D eigenvalue weighted by atomic mass is 9.89. The Balaban J connectivity index is 1.50. The van der Waals surface area contributed by atoms with Crippen LogP contribution in [0.3, 0.4) is 0 Å². The zero-order chi connectivity index (χ0) is 19.7. The van der Waals surface area contributed by atoms with Crippen molar-refractivity contribution < 1.29 is 19.1 Å². The van der Waals surface area contributed by atoms with Crippen LogP contribution in [-0.4, -0.2) is 40.0 Å². The highest BCUT2D eigenvalue weighted by Crippen LogP contribution is 2.33. The minimum atomic E-state index is -0.873. The minimum absolute atomic E-state index is 0.106. The van der Waals surface area contributed by atoms with Gasteiger partial charge in [-0.15, -0.1) is 11.3 Å². The molecule has 1 amide bonds. The van der Waals surface area contributed by atoms with Crippen molar-refractivity contribution in [2.24, 2.45) is 5.92 Å². The van der Waals surface area contributed by atoms with E-state index >= 15 is 0 Å². The van der Waals surface area contributed by atoms with Crippen molar-refractivity contribution in [1.29, 1.82) is 0 Å². The van der Waals surface area contributed by atoms with Crippen LogP contribution in [0, 0.1) is 12.8 Å². The van der Waals surface area contributed by atoms with Gasteiger partial charge in [0.05, 0.1) is 22.9 Å². The number of aryl methyl sites for hydroxylation is 1. The van der Waals surface area contributed by atoms with E-state index in [0.717, 1.165) is 10.4 Å². The van der Waals surface area contributed by atoms with Crippen molar-refractivity contribution in [1.82, 2.24) is 9.88 Å². The number of aromatic nitrogens is 1. The van der Waals surface area contributed by atoms with Gasteiger partial charge in [0.15, 0.2) is 0 Å². The average molecular weight is 396 g/mol. The molecule has 4 rings (SSSR count). The molecule has 3 aromatic rings. The quantitative estimate of drug-likeness (QED) is 0.713. The maximum absolute atomic E-state index is 12.9. The number of carbonyl (C=O) groups is 2. The van der Waals surface area contributed by atoms with Crippen LogP contribution in [0.25, 0.3) is 10.8 Å². The number of carbonyl (C=O) groups excluding carboxylic acids is 1. The Morgan fingerprint density at radius 1 is 1.21 bits per heavy atom. The van der Waals surface area contributed by atoms with E-state index in [1.165, 1.54) is 11.3 Å². The van der Waals surface area contributed by atoms with Gasteiger partial charge in [-0.1, -0.05) is 36.4 Å². The number of likely N-dealkylation sites (tertiary alicyclic amines) is 1. The third-order valence-corrected chi connectivity index (χ3v) is 6.02. The second-order valence-electron chi connectivity index (χ2n) is 6.94. The SMILES string of the molecule is Cc1oc(-c2cccs2)nc1CC(=O)N1C[C@H](C(=O)O)[C@H](c2ccccc2)C1. The van der Waals surface area contributed by atoms with Crippen LogP contribution in [0.15, 0.2) is 52.3 Å². The number of thiophene rings is 1. The number of amides is 1. The fourth-order valence-corrected chi connectivity index (χ4v) is 4.30. The molecule has 1 aliphatic heterocycles. The summed E-state index contributed by atoms with van der Waals surface area (Å²) < 4.78 is 5.71. The molecule has 2 atom stereocenters. The molecule has 0 saturated carbocycles. The minimum Gasteiger partial charge on any atom is -0.481 e. The summed E-state index contributed by atoms with van der Waals surface area (Å²) in [4.78, 5) is 31.6. The first kappa shape index (κ1) is 18.4. The Morgan fingerprint density at radius 2 is 2.00 bits per heavy atom. The number of aliphatic carboxylic acids is 1. The van der Waals surface area contributed by atoms with Crippen molar-refractivity contribution >= 4 is 23.2 Å². The molecule has 0 bridgehead atoms. The van der Waals surface area contributed by atoms with E-state index < -0.39 is 11.9 Å². The van der Waals surface area contributed by atoms with Crippen LogP contribution in [0.2, 0.25) is 0 Å². The fraction of sp³-hybridized carbons (Fsp3) is 0.286. The van der Waals surface area contributed by atoms with E-state index in [9.17, 15) is 14.7 Å². The molecule has 0 unspecified atom stereocenters. The van der Waals surface area contributed by atoms with Gasteiger partial charge in [-0.05, 0) is 23.9 Å². The second-order valence-corrected chi connectivity index (χ2v) is 7.88. The summed E-state index contributed by atoms with van der Waals surface area (Å²) in [6, 6.07) is 13.4. The summed E-state index contributed by atoms with van der Waals surface area (Å²) in [5.74, 6) is -0.678. The monoisotopic (exact) mass is 396 g/mol. The topological polar surface area (TPSA) is 83.6 Å². The van der Waals surface area contributed by atoms with Crippen LogP contribution in [0.5, 0.6) is 0 Å². The van der Waals surface area contributed by atoms with Crippen LogP contribution in [-0.2, 0) is 16.0 Å².